The van der Waals surface area contributed by atoms with Crippen LogP contribution in [0, 0.1) is 0 Å². The monoisotopic (exact) mass is 374 g/mol. The average Bonchev–Trinajstić information content (AvgIpc) is 2.46. The molecule has 2 rings (SSSR count). The highest BCUT2D eigenvalue weighted by molar-refractivity contribution is 9.08. The molecular formula is C15H13BrCl2O2. The summed E-state index contributed by atoms with van der Waals surface area (Å²) < 4.78 is 11.1. The largest absolute Gasteiger partial charge is 0.493 e. The average molecular weight is 376 g/mol. The molecule has 2 nitrogen and oxygen atoms in total. The van der Waals surface area contributed by atoms with E-state index in [1.165, 1.54) is 0 Å². The Hall–Kier alpha value is -0.900. The van der Waals surface area contributed by atoms with Crippen LogP contribution < -0.4 is 9.47 Å². The van der Waals surface area contributed by atoms with Crippen molar-refractivity contribution in [3.63, 3.8) is 0 Å². The zero-order chi connectivity index (χ0) is 14.5. The molecule has 2 aromatic carbocycles. The Kier molecular flexibility index (Phi) is 5.58. The zero-order valence-corrected chi connectivity index (χ0v) is 13.9. The third kappa shape index (κ3) is 3.60. The van der Waals surface area contributed by atoms with Crippen LogP contribution in [-0.2, 0) is 11.9 Å². The van der Waals surface area contributed by atoms with E-state index in [4.69, 9.17) is 32.7 Å². The fourth-order valence-electron chi connectivity index (χ4n) is 1.74. The third-order valence-electron chi connectivity index (χ3n) is 2.82. The molecule has 0 spiro atoms. The van der Waals surface area contributed by atoms with Gasteiger partial charge in [0, 0.05) is 20.9 Å². The van der Waals surface area contributed by atoms with Crippen molar-refractivity contribution < 1.29 is 9.47 Å². The SMILES string of the molecule is COc1ccc(CBr)cc1OCc1c(Cl)cccc1Cl. The Morgan fingerprint density at radius 3 is 2.35 bits per heavy atom. The highest BCUT2D eigenvalue weighted by Gasteiger charge is 2.09. The Morgan fingerprint density at radius 1 is 1.05 bits per heavy atom. The van der Waals surface area contributed by atoms with Crippen LogP contribution in [0.2, 0.25) is 10.0 Å². The standard InChI is InChI=1S/C15H13BrCl2O2/c1-19-14-6-5-10(8-16)7-15(14)20-9-11-12(17)3-2-4-13(11)18/h2-7H,8-9H2,1H3. The molecule has 106 valence electrons. The van der Waals surface area contributed by atoms with Gasteiger partial charge in [-0.05, 0) is 29.8 Å². The summed E-state index contributed by atoms with van der Waals surface area (Å²) in [6.07, 6.45) is 0. The van der Waals surface area contributed by atoms with E-state index in [0.29, 0.717) is 28.2 Å². The van der Waals surface area contributed by atoms with E-state index in [-0.39, 0.29) is 0 Å². The number of alkyl halides is 1. The summed E-state index contributed by atoms with van der Waals surface area (Å²) in [6.45, 7) is 0.292. The van der Waals surface area contributed by atoms with E-state index >= 15 is 0 Å². The lowest BCUT2D eigenvalue weighted by molar-refractivity contribution is 0.284. The van der Waals surface area contributed by atoms with E-state index < -0.39 is 0 Å². The molecule has 0 aliphatic heterocycles. The predicted molar refractivity (Wildman–Crippen MR) is 86.4 cm³/mol. The first-order valence-corrected chi connectivity index (χ1v) is 7.82. The van der Waals surface area contributed by atoms with Gasteiger partial charge in [0.2, 0.25) is 0 Å². The van der Waals surface area contributed by atoms with Crippen molar-refractivity contribution in [1.82, 2.24) is 0 Å². The fourth-order valence-corrected chi connectivity index (χ4v) is 2.59. The number of hydrogen-bond donors (Lipinski definition) is 0. The van der Waals surface area contributed by atoms with Crippen molar-refractivity contribution in [2.75, 3.05) is 7.11 Å². The lowest BCUT2D eigenvalue weighted by atomic mass is 10.2. The Morgan fingerprint density at radius 2 is 1.75 bits per heavy atom. The summed E-state index contributed by atoms with van der Waals surface area (Å²) in [5, 5.41) is 1.93. The Labute approximate surface area is 136 Å². The zero-order valence-electron chi connectivity index (χ0n) is 10.8. The summed E-state index contributed by atoms with van der Waals surface area (Å²) in [5.41, 5.74) is 1.87. The van der Waals surface area contributed by atoms with Crippen LogP contribution in [0.15, 0.2) is 36.4 Å². The van der Waals surface area contributed by atoms with Gasteiger partial charge in [-0.1, -0.05) is 51.3 Å². The molecule has 0 bridgehead atoms. The van der Waals surface area contributed by atoms with Gasteiger partial charge in [-0.25, -0.2) is 0 Å². The lowest BCUT2D eigenvalue weighted by Crippen LogP contribution is -1.99. The topological polar surface area (TPSA) is 18.5 Å². The number of methoxy groups -OCH3 is 1. The molecule has 0 amide bonds. The van der Waals surface area contributed by atoms with Crippen molar-refractivity contribution in [2.45, 2.75) is 11.9 Å². The Bertz CT molecular complexity index is 582. The first kappa shape index (κ1) is 15.5. The van der Waals surface area contributed by atoms with Gasteiger partial charge in [-0.15, -0.1) is 0 Å². The smallest absolute Gasteiger partial charge is 0.161 e. The van der Waals surface area contributed by atoms with Gasteiger partial charge in [-0.3, -0.25) is 0 Å². The highest BCUT2D eigenvalue weighted by Crippen LogP contribution is 2.31. The first-order valence-electron chi connectivity index (χ1n) is 5.94. The van der Waals surface area contributed by atoms with E-state index in [1.54, 1.807) is 25.3 Å². The third-order valence-corrected chi connectivity index (χ3v) is 4.17. The lowest BCUT2D eigenvalue weighted by Gasteiger charge is -2.13. The summed E-state index contributed by atoms with van der Waals surface area (Å²) in [5.74, 6) is 1.35. The van der Waals surface area contributed by atoms with Gasteiger partial charge in [0.15, 0.2) is 11.5 Å². The normalized spacial score (nSPS) is 10.4. The van der Waals surface area contributed by atoms with Crippen LogP contribution in [0.3, 0.4) is 0 Å². The molecule has 2 aromatic rings. The van der Waals surface area contributed by atoms with Crippen LogP contribution in [0.1, 0.15) is 11.1 Å². The summed E-state index contributed by atoms with van der Waals surface area (Å²) in [7, 11) is 1.61. The van der Waals surface area contributed by atoms with Gasteiger partial charge in [0.1, 0.15) is 6.61 Å². The van der Waals surface area contributed by atoms with Crippen LogP contribution in [0.4, 0.5) is 0 Å². The quantitative estimate of drug-likeness (QED) is 0.644. The molecule has 0 saturated heterocycles. The van der Waals surface area contributed by atoms with Crippen LogP contribution >= 0.6 is 39.1 Å². The van der Waals surface area contributed by atoms with Crippen LogP contribution in [-0.4, -0.2) is 7.11 Å². The van der Waals surface area contributed by atoms with Crippen molar-refractivity contribution in [1.29, 1.82) is 0 Å². The molecule has 0 heterocycles. The van der Waals surface area contributed by atoms with Gasteiger partial charge in [0.05, 0.1) is 7.11 Å². The van der Waals surface area contributed by atoms with Gasteiger partial charge in [0.25, 0.3) is 0 Å². The maximum Gasteiger partial charge on any atom is 0.161 e. The number of ether oxygens (including phenoxy) is 2. The minimum atomic E-state index is 0.292. The molecule has 0 aromatic heterocycles. The summed E-state index contributed by atoms with van der Waals surface area (Å²) in [4.78, 5) is 0. The molecule has 0 aliphatic carbocycles. The minimum Gasteiger partial charge on any atom is -0.493 e. The minimum absolute atomic E-state index is 0.292. The molecule has 0 atom stereocenters. The highest BCUT2D eigenvalue weighted by atomic mass is 79.9. The van der Waals surface area contributed by atoms with Crippen LogP contribution in [0.25, 0.3) is 0 Å². The van der Waals surface area contributed by atoms with E-state index in [0.717, 1.165) is 16.5 Å². The summed E-state index contributed by atoms with van der Waals surface area (Å²) in [6, 6.07) is 11.2. The molecule has 0 aliphatic rings. The first-order chi connectivity index (χ1) is 9.65. The molecule has 0 N–H and O–H groups in total. The molecule has 0 radical (unpaired) electrons. The second kappa shape index (κ2) is 7.21. The van der Waals surface area contributed by atoms with Crippen molar-refractivity contribution in [2.24, 2.45) is 0 Å². The molecule has 5 heteroatoms. The van der Waals surface area contributed by atoms with Gasteiger partial charge < -0.3 is 9.47 Å². The van der Waals surface area contributed by atoms with Gasteiger partial charge >= 0.3 is 0 Å². The van der Waals surface area contributed by atoms with E-state index in [9.17, 15) is 0 Å². The van der Waals surface area contributed by atoms with Crippen molar-refractivity contribution >= 4 is 39.1 Å². The second-order valence-electron chi connectivity index (χ2n) is 4.11. The number of hydrogen-bond acceptors (Lipinski definition) is 2. The molecule has 0 saturated carbocycles. The predicted octanol–water partition coefficient (Wildman–Crippen LogP) is 5.48. The van der Waals surface area contributed by atoms with Crippen molar-refractivity contribution in [3.8, 4) is 11.5 Å². The van der Waals surface area contributed by atoms with E-state index in [1.807, 2.05) is 18.2 Å². The molecule has 0 fully saturated rings. The maximum atomic E-state index is 6.12. The maximum absolute atomic E-state index is 6.12. The van der Waals surface area contributed by atoms with Gasteiger partial charge in [-0.2, -0.15) is 0 Å². The number of benzene rings is 2. The Balaban J connectivity index is 2.22. The molecule has 0 unspecified atom stereocenters. The summed E-state index contributed by atoms with van der Waals surface area (Å²) >= 11 is 15.7. The number of halogens is 3. The van der Waals surface area contributed by atoms with Crippen LogP contribution in [0.5, 0.6) is 11.5 Å². The number of rotatable bonds is 5. The van der Waals surface area contributed by atoms with E-state index in [2.05, 4.69) is 15.9 Å². The molecule has 20 heavy (non-hydrogen) atoms. The molecular weight excluding hydrogens is 363 g/mol. The fraction of sp³-hybridized carbons (Fsp3) is 0.200. The van der Waals surface area contributed by atoms with Crippen molar-refractivity contribution in [3.05, 3.63) is 57.6 Å². The second-order valence-corrected chi connectivity index (χ2v) is 5.48.